The first kappa shape index (κ1) is 15.7. The van der Waals surface area contributed by atoms with E-state index < -0.39 is 0 Å². The largest absolute Gasteiger partial charge is 0.409 e. The van der Waals surface area contributed by atoms with Crippen molar-refractivity contribution in [3.05, 3.63) is 28.2 Å². The maximum atomic E-state index is 9.15. The van der Waals surface area contributed by atoms with Crippen LogP contribution in [0.25, 0.3) is 0 Å². The average molecular weight is 332 g/mol. The summed E-state index contributed by atoms with van der Waals surface area (Å²) in [6, 6.07) is 5.43. The number of nitrogens with zero attached hydrogens (tertiary/aromatic N) is 2. The van der Waals surface area contributed by atoms with Gasteiger partial charge in [-0.25, -0.2) is 0 Å². The standard InChI is InChI=1S/C12H18BrN3O3/c1-19-7-5-16(4-6-17)11-8-9(13)2-3-10(11)12(14)15-18/h2-3,8,17-18H,4-7H2,1H3,(H2,14,15). The summed E-state index contributed by atoms with van der Waals surface area (Å²) in [6.45, 7) is 1.55. The molecular formula is C12H18BrN3O3. The fraction of sp³-hybridized carbons (Fsp3) is 0.417. The van der Waals surface area contributed by atoms with Crippen LogP contribution >= 0.6 is 15.9 Å². The van der Waals surface area contributed by atoms with Crippen molar-refractivity contribution in [2.45, 2.75) is 0 Å². The molecular weight excluding hydrogens is 314 g/mol. The third-order valence-electron chi connectivity index (χ3n) is 2.62. The summed E-state index contributed by atoms with van der Waals surface area (Å²) in [5.74, 6) is 0.0304. The van der Waals surface area contributed by atoms with Crippen LogP contribution in [-0.4, -0.2) is 49.6 Å². The molecule has 0 radical (unpaired) electrons. The van der Waals surface area contributed by atoms with E-state index in [0.29, 0.717) is 25.3 Å². The molecule has 106 valence electrons. The molecule has 0 bridgehead atoms. The van der Waals surface area contributed by atoms with Crippen molar-refractivity contribution in [1.29, 1.82) is 0 Å². The van der Waals surface area contributed by atoms with Crippen LogP contribution in [-0.2, 0) is 4.74 Å². The van der Waals surface area contributed by atoms with Crippen LogP contribution in [0.4, 0.5) is 5.69 Å². The second-order valence-corrected chi connectivity index (χ2v) is 4.77. The van der Waals surface area contributed by atoms with Crippen LogP contribution in [0, 0.1) is 0 Å². The second kappa shape index (κ2) is 7.98. The van der Waals surface area contributed by atoms with Gasteiger partial charge in [0, 0.05) is 35.9 Å². The lowest BCUT2D eigenvalue weighted by Crippen LogP contribution is -2.32. The van der Waals surface area contributed by atoms with E-state index in [0.717, 1.165) is 10.2 Å². The van der Waals surface area contributed by atoms with Crippen LogP contribution in [0.2, 0.25) is 0 Å². The molecule has 0 fully saturated rings. The van der Waals surface area contributed by atoms with Crippen molar-refractivity contribution in [1.82, 2.24) is 0 Å². The van der Waals surface area contributed by atoms with Gasteiger partial charge in [-0.05, 0) is 18.2 Å². The third-order valence-corrected chi connectivity index (χ3v) is 3.11. The van der Waals surface area contributed by atoms with Gasteiger partial charge in [-0.15, -0.1) is 0 Å². The molecule has 0 aliphatic carbocycles. The number of halogens is 1. The first-order valence-electron chi connectivity index (χ1n) is 5.76. The van der Waals surface area contributed by atoms with Crippen molar-refractivity contribution in [3.63, 3.8) is 0 Å². The van der Waals surface area contributed by atoms with E-state index in [9.17, 15) is 0 Å². The smallest absolute Gasteiger partial charge is 0.172 e. The van der Waals surface area contributed by atoms with Crippen LogP contribution < -0.4 is 10.6 Å². The summed E-state index contributed by atoms with van der Waals surface area (Å²) in [5, 5.41) is 21.0. The van der Waals surface area contributed by atoms with Crippen LogP contribution in [0.15, 0.2) is 27.8 Å². The van der Waals surface area contributed by atoms with E-state index in [1.807, 2.05) is 17.0 Å². The topological polar surface area (TPSA) is 91.3 Å². The fourth-order valence-electron chi connectivity index (χ4n) is 1.71. The molecule has 0 amide bonds. The van der Waals surface area contributed by atoms with Crippen molar-refractivity contribution in [2.75, 3.05) is 38.3 Å². The van der Waals surface area contributed by atoms with E-state index in [-0.39, 0.29) is 12.4 Å². The number of amidine groups is 1. The minimum atomic E-state index is 0.00579. The SMILES string of the molecule is COCCN(CCO)c1cc(Br)ccc1/C(N)=N/O. The zero-order valence-electron chi connectivity index (χ0n) is 10.7. The van der Waals surface area contributed by atoms with Crippen molar-refractivity contribution in [2.24, 2.45) is 10.9 Å². The maximum absolute atomic E-state index is 9.15. The number of benzene rings is 1. The summed E-state index contributed by atoms with van der Waals surface area (Å²) < 4.78 is 5.92. The number of nitrogens with two attached hydrogens (primary N) is 1. The Kier molecular flexibility index (Phi) is 6.61. The van der Waals surface area contributed by atoms with Gasteiger partial charge in [0.1, 0.15) is 0 Å². The highest BCUT2D eigenvalue weighted by molar-refractivity contribution is 9.10. The van der Waals surface area contributed by atoms with Gasteiger partial charge in [-0.2, -0.15) is 0 Å². The molecule has 1 rings (SSSR count). The second-order valence-electron chi connectivity index (χ2n) is 3.85. The number of anilines is 1. The normalized spacial score (nSPS) is 11.6. The molecule has 0 saturated carbocycles. The van der Waals surface area contributed by atoms with Gasteiger partial charge in [0.25, 0.3) is 0 Å². The minimum absolute atomic E-state index is 0.00579. The first-order chi connectivity index (χ1) is 9.13. The third kappa shape index (κ3) is 4.38. The number of hydrogen-bond acceptors (Lipinski definition) is 5. The average Bonchev–Trinajstić information content (AvgIpc) is 2.42. The Hall–Kier alpha value is -1.31. The van der Waals surface area contributed by atoms with Gasteiger partial charge >= 0.3 is 0 Å². The molecule has 0 spiro atoms. The molecule has 0 unspecified atom stereocenters. The molecule has 0 aliphatic rings. The Bertz CT molecular complexity index is 440. The van der Waals surface area contributed by atoms with Crippen LogP contribution in [0.5, 0.6) is 0 Å². The quantitative estimate of drug-likeness (QED) is 0.300. The molecule has 7 heteroatoms. The summed E-state index contributed by atoms with van der Waals surface area (Å²) in [4.78, 5) is 1.92. The highest BCUT2D eigenvalue weighted by Gasteiger charge is 2.14. The number of hydrogen-bond donors (Lipinski definition) is 3. The predicted octanol–water partition coefficient (Wildman–Crippen LogP) is 0.989. The van der Waals surface area contributed by atoms with Gasteiger partial charge in [0.2, 0.25) is 0 Å². The van der Waals surface area contributed by atoms with Gasteiger partial charge in [0.15, 0.2) is 5.84 Å². The number of aliphatic hydroxyl groups is 1. The lowest BCUT2D eigenvalue weighted by Gasteiger charge is -2.26. The van der Waals surface area contributed by atoms with Crippen LogP contribution in [0.3, 0.4) is 0 Å². The number of ether oxygens (including phenoxy) is 1. The van der Waals surface area contributed by atoms with Gasteiger partial charge < -0.3 is 25.7 Å². The van der Waals surface area contributed by atoms with Gasteiger partial charge in [0.05, 0.1) is 13.2 Å². The molecule has 4 N–H and O–H groups in total. The van der Waals surface area contributed by atoms with E-state index in [1.54, 1.807) is 13.2 Å². The summed E-state index contributed by atoms with van der Waals surface area (Å²) in [7, 11) is 1.61. The highest BCUT2D eigenvalue weighted by Crippen LogP contribution is 2.25. The summed E-state index contributed by atoms with van der Waals surface area (Å²) in [6.07, 6.45) is 0. The van der Waals surface area contributed by atoms with E-state index in [4.69, 9.17) is 20.8 Å². The summed E-state index contributed by atoms with van der Waals surface area (Å²) in [5.41, 5.74) is 7.05. The first-order valence-corrected chi connectivity index (χ1v) is 6.55. The van der Waals surface area contributed by atoms with Gasteiger partial charge in [-0.3, -0.25) is 0 Å². The molecule has 0 aliphatic heterocycles. The van der Waals surface area contributed by atoms with Gasteiger partial charge in [-0.1, -0.05) is 21.1 Å². The molecule has 6 nitrogen and oxygen atoms in total. The molecule has 1 aromatic carbocycles. The zero-order chi connectivity index (χ0) is 14.3. The van der Waals surface area contributed by atoms with E-state index in [1.165, 1.54) is 0 Å². The van der Waals surface area contributed by atoms with E-state index in [2.05, 4.69) is 21.1 Å². The summed E-state index contributed by atoms with van der Waals surface area (Å²) >= 11 is 3.39. The Labute approximate surface area is 120 Å². The molecule has 0 atom stereocenters. The molecule has 1 aromatic rings. The predicted molar refractivity (Wildman–Crippen MR) is 77.8 cm³/mol. The van der Waals surface area contributed by atoms with Crippen molar-refractivity contribution < 1.29 is 15.1 Å². The lowest BCUT2D eigenvalue weighted by atomic mass is 10.1. The van der Waals surface area contributed by atoms with Crippen molar-refractivity contribution in [3.8, 4) is 0 Å². The lowest BCUT2D eigenvalue weighted by molar-refractivity contribution is 0.203. The monoisotopic (exact) mass is 331 g/mol. The highest BCUT2D eigenvalue weighted by atomic mass is 79.9. The number of rotatable bonds is 7. The van der Waals surface area contributed by atoms with E-state index >= 15 is 0 Å². The maximum Gasteiger partial charge on any atom is 0.172 e. The Morgan fingerprint density at radius 3 is 2.79 bits per heavy atom. The molecule has 19 heavy (non-hydrogen) atoms. The Balaban J connectivity index is 3.14. The fourth-order valence-corrected chi connectivity index (χ4v) is 2.06. The number of oxime groups is 1. The number of methoxy groups -OCH3 is 1. The zero-order valence-corrected chi connectivity index (χ0v) is 12.3. The minimum Gasteiger partial charge on any atom is -0.409 e. The molecule has 0 aromatic heterocycles. The molecule has 0 heterocycles. The Morgan fingerprint density at radius 2 is 2.21 bits per heavy atom. The molecule has 0 saturated heterocycles. The van der Waals surface area contributed by atoms with Crippen LogP contribution in [0.1, 0.15) is 5.56 Å². The van der Waals surface area contributed by atoms with Crippen molar-refractivity contribution >= 4 is 27.5 Å². The number of aliphatic hydroxyl groups excluding tert-OH is 1. The Morgan fingerprint density at radius 1 is 1.47 bits per heavy atom.